The second kappa shape index (κ2) is 4.96. The Morgan fingerprint density at radius 3 is 2.83 bits per heavy atom. The predicted octanol–water partition coefficient (Wildman–Crippen LogP) is 3.15. The Morgan fingerprint density at radius 2 is 2.22 bits per heavy atom. The maximum absolute atomic E-state index is 14.0. The van der Waals surface area contributed by atoms with Crippen LogP contribution in [0.5, 0.6) is 0 Å². The van der Waals surface area contributed by atoms with Crippen LogP contribution in [0, 0.1) is 11.7 Å². The molecular weight excluding hydrogens is 233 g/mol. The lowest BCUT2D eigenvalue weighted by molar-refractivity contribution is 0.0697. The van der Waals surface area contributed by atoms with E-state index >= 15 is 0 Å². The molecule has 1 heterocycles. The maximum atomic E-state index is 14.0. The smallest absolute Gasteiger partial charge is 0.337 e. The first kappa shape index (κ1) is 12.9. The molecule has 1 unspecified atom stereocenters. The molecule has 1 aliphatic rings. The summed E-state index contributed by atoms with van der Waals surface area (Å²) in [4.78, 5) is 13.1. The fraction of sp³-hybridized carbons (Fsp3) is 0.500. The molecule has 1 fully saturated rings. The van der Waals surface area contributed by atoms with Gasteiger partial charge in [-0.1, -0.05) is 19.9 Å². The highest BCUT2D eigenvalue weighted by Gasteiger charge is 2.31. The van der Waals surface area contributed by atoms with Crippen molar-refractivity contribution in [1.82, 2.24) is 0 Å². The number of carbonyl (C=O) groups is 1. The van der Waals surface area contributed by atoms with E-state index in [4.69, 9.17) is 0 Å². The molecule has 0 aromatic heterocycles. The number of nitrogens with zero attached hydrogens (tertiary/aromatic N) is 1. The number of aromatic carboxylic acids is 1. The highest BCUT2D eigenvalue weighted by atomic mass is 19.1. The summed E-state index contributed by atoms with van der Waals surface area (Å²) in [5, 5.41) is 9.18. The highest BCUT2D eigenvalue weighted by Crippen LogP contribution is 2.34. The third-order valence-corrected chi connectivity index (χ3v) is 3.57. The molecule has 1 aliphatic heterocycles. The number of carboxylic acid groups (broad SMARTS) is 1. The summed E-state index contributed by atoms with van der Waals surface area (Å²) in [5.41, 5.74) is 0.309. The second-order valence-corrected chi connectivity index (χ2v) is 5.09. The fourth-order valence-corrected chi connectivity index (χ4v) is 2.74. The SMILES string of the molecule is CC(C)C1CCCN1c1c(F)cccc1C(=O)O. The van der Waals surface area contributed by atoms with Crippen molar-refractivity contribution in [2.24, 2.45) is 5.92 Å². The van der Waals surface area contributed by atoms with Crippen molar-refractivity contribution in [3.63, 3.8) is 0 Å². The lowest BCUT2D eigenvalue weighted by Crippen LogP contribution is -2.35. The molecule has 18 heavy (non-hydrogen) atoms. The molecule has 0 spiro atoms. The van der Waals surface area contributed by atoms with Crippen LogP contribution in [0.2, 0.25) is 0 Å². The van der Waals surface area contributed by atoms with Gasteiger partial charge in [0.2, 0.25) is 0 Å². The Balaban J connectivity index is 2.46. The van der Waals surface area contributed by atoms with Gasteiger partial charge in [-0.2, -0.15) is 0 Å². The normalized spacial score (nSPS) is 19.6. The molecule has 4 heteroatoms. The molecule has 0 saturated carbocycles. The van der Waals surface area contributed by atoms with Crippen LogP contribution in [0.3, 0.4) is 0 Å². The van der Waals surface area contributed by atoms with Gasteiger partial charge in [0.05, 0.1) is 11.3 Å². The van der Waals surface area contributed by atoms with E-state index in [0.717, 1.165) is 19.4 Å². The van der Waals surface area contributed by atoms with Crippen molar-refractivity contribution >= 4 is 11.7 Å². The van der Waals surface area contributed by atoms with Gasteiger partial charge in [0.1, 0.15) is 5.82 Å². The summed E-state index contributed by atoms with van der Waals surface area (Å²) in [6.45, 7) is 4.90. The number of carboxylic acids is 1. The largest absolute Gasteiger partial charge is 0.478 e. The van der Waals surface area contributed by atoms with E-state index in [1.807, 2.05) is 4.90 Å². The average molecular weight is 251 g/mol. The minimum Gasteiger partial charge on any atom is -0.478 e. The van der Waals surface area contributed by atoms with Crippen molar-refractivity contribution < 1.29 is 14.3 Å². The topological polar surface area (TPSA) is 40.5 Å². The molecule has 2 rings (SSSR count). The molecule has 1 saturated heterocycles. The van der Waals surface area contributed by atoms with Gasteiger partial charge in [-0.3, -0.25) is 0 Å². The van der Waals surface area contributed by atoms with E-state index in [-0.39, 0.29) is 17.3 Å². The minimum atomic E-state index is -1.07. The molecule has 0 amide bonds. The summed E-state index contributed by atoms with van der Waals surface area (Å²) < 4.78 is 14.0. The van der Waals surface area contributed by atoms with Crippen molar-refractivity contribution in [1.29, 1.82) is 0 Å². The van der Waals surface area contributed by atoms with E-state index < -0.39 is 11.8 Å². The number of anilines is 1. The van der Waals surface area contributed by atoms with Gasteiger partial charge in [0.15, 0.2) is 0 Å². The number of halogens is 1. The molecule has 98 valence electrons. The van der Waals surface area contributed by atoms with Crippen LogP contribution in [-0.4, -0.2) is 23.7 Å². The van der Waals surface area contributed by atoms with E-state index in [0.29, 0.717) is 5.92 Å². The van der Waals surface area contributed by atoms with E-state index in [1.54, 1.807) is 0 Å². The molecule has 0 radical (unpaired) electrons. The maximum Gasteiger partial charge on any atom is 0.337 e. The summed E-state index contributed by atoms with van der Waals surface area (Å²) in [6.07, 6.45) is 1.97. The first-order valence-electron chi connectivity index (χ1n) is 6.31. The van der Waals surface area contributed by atoms with Gasteiger partial charge >= 0.3 is 5.97 Å². The van der Waals surface area contributed by atoms with Crippen molar-refractivity contribution in [3.8, 4) is 0 Å². The Labute approximate surface area is 106 Å². The zero-order chi connectivity index (χ0) is 13.3. The van der Waals surface area contributed by atoms with E-state index in [1.165, 1.54) is 18.2 Å². The lowest BCUT2D eigenvalue weighted by atomic mass is 10.0. The molecule has 1 aromatic rings. The molecule has 3 nitrogen and oxygen atoms in total. The van der Waals surface area contributed by atoms with Crippen LogP contribution in [0.4, 0.5) is 10.1 Å². The number of rotatable bonds is 3. The van der Waals surface area contributed by atoms with Crippen molar-refractivity contribution in [3.05, 3.63) is 29.6 Å². The van der Waals surface area contributed by atoms with Crippen LogP contribution in [0.25, 0.3) is 0 Å². The van der Waals surface area contributed by atoms with Crippen LogP contribution < -0.4 is 4.90 Å². The van der Waals surface area contributed by atoms with Gasteiger partial charge in [0, 0.05) is 12.6 Å². The Kier molecular flexibility index (Phi) is 3.55. The van der Waals surface area contributed by atoms with Gasteiger partial charge in [-0.05, 0) is 30.9 Å². The van der Waals surface area contributed by atoms with Crippen molar-refractivity contribution in [2.75, 3.05) is 11.4 Å². The Bertz CT molecular complexity index is 459. The Hall–Kier alpha value is -1.58. The van der Waals surface area contributed by atoms with E-state index in [9.17, 15) is 14.3 Å². The van der Waals surface area contributed by atoms with Crippen LogP contribution >= 0.6 is 0 Å². The average Bonchev–Trinajstić information content (AvgIpc) is 2.77. The highest BCUT2D eigenvalue weighted by molar-refractivity contribution is 5.94. The lowest BCUT2D eigenvalue weighted by Gasteiger charge is -2.31. The fourth-order valence-electron chi connectivity index (χ4n) is 2.74. The number of benzene rings is 1. The first-order chi connectivity index (χ1) is 8.52. The molecule has 1 aromatic carbocycles. The minimum absolute atomic E-state index is 0.0579. The summed E-state index contributed by atoms with van der Waals surface area (Å²) in [5.74, 6) is -1.13. The molecule has 0 aliphatic carbocycles. The molecule has 0 bridgehead atoms. The van der Waals surface area contributed by atoms with Crippen LogP contribution in [0.1, 0.15) is 37.0 Å². The molecule has 1 atom stereocenters. The van der Waals surface area contributed by atoms with Gasteiger partial charge < -0.3 is 10.0 Å². The van der Waals surface area contributed by atoms with Crippen molar-refractivity contribution in [2.45, 2.75) is 32.7 Å². The third-order valence-electron chi connectivity index (χ3n) is 3.57. The number of hydrogen-bond donors (Lipinski definition) is 1. The zero-order valence-electron chi connectivity index (χ0n) is 10.7. The third kappa shape index (κ3) is 2.19. The summed E-state index contributed by atoms with van der Waals surface area (Å²) >= 11 is 0. The standard InChI is InChI=1S/C14H18FNO2/c1-9(2)12-7-4-8-16(12)13-10(14(17)18)5-3-6-11(13)15/h3,5-6,9,12H,4,7-8H2,1-2H3,(H,17,18). The van der Waals surface area contributed by atoms with Gasteiger partial charge in [-0.25, -0.2) is 9.18 Å². The predicted molar refractivity (Wildman–Crippen MR) is 68.6 cm³/mol. The second-order valence-electron chi connectivity index (χ2n) is 5.09. The molecular formula is C14H18FNO2. The first-order valence-corrected chi connectivity index (χ1v) is 6.31. The van der Waals surface area contributed by atoms with Gasteiger partial charge in [-0.15, -0.1) is 0 Å². The van der Waals surface area contributed by atoms with Crippen LogP contribution in [0.15, 0.2) is 18.2 Å². The Morgan fingerprint density at radius 1 is 1.50 bits per heavy atom. The summed E-state index contributed by atoms with van der Waals surface area (Å²) in [7, 11) is 0. The number of hydrogen-bond acceptors (Lipinski definition) is 2. The number of para-hydroxylation sites is 1. The zero-order valence-corrected chi connectivity index (χ0v) is 10.7. The van der Waals surface area contributed by atoms with Gasteiger partial charge in [0.25, 0.3) is 0 Å². The molecule has 1 N–H and O–H groups in total. The summed E-state index contributed by atoms with van der Waals surface area (Å²) in [6, 6.07) is 4.47. The van der Waals surface area contributed by atoms with E-state index in [2.05, 4.69) is 13.8 Å². The quantitative estimate of drug-likeness (QED) is 0.897. The van der Waals surface area contributed by atoms with Crippen LogP contribution in [-0.2, 0) is 0 Å². The monoisotopic (exact) mass is 251 g/mol.